The van der Waals surface area contributed by atoms with Crippen LogP contribution < -0.4 is 5.32 Å². The SMILES string of the molecule is CCc1cc(C(=O)N2CCCC2COCNC)ccc1Cl. The van der Waals surface area contributed by atoms with Crippen molar-refractivity contribution < 1.29 is 9.53 Å². The first-order chi connectivity index (χ1) is 10.2. The van der Waals surface area contributed by atoms with Crippen LogP contribution in [0.5, 0.6) is 0 Å². The van der Waals surface area contributed by atoms with E-state index < -0.39 is 0 Å². The lowest BCUT2D eigenvalue weighted by atomic mass is 10.1. The van der Waals surface area contributed by atoms with E-state index in [9.17, 15) is 4.79 Å². The van der Waals surface area contributed by atoms with Crippen LogP contribution >= 0.6 is 11.6 Å². The highest BCUT2D eigenvalue weighted by atomic mass is 35.5. The second-order valence-corrected chi connectivity index (χ2v) is 5.73. The Morgan fingerprint density at radius 2 is 2.33 bits per heavy atom. The Bertz CT molecular complexity index is 493. The van der Waals surface area contributed by atoms with Crippen LogP contribution in [0.25, 0.3) is 0 Å². The molecule has 0 bridgehead atoms. The van der Waals surface area contributed by atoms with Gasteiger partial charge in [0, 0.05) is 17.1 Å². The molecule has 0 aromatic heterocycles. The number of hydrogen-bond acceptors (Lipinski definition) is 3. The van der Waals surface area contributed by atoms with E-state index in [2.05, 4.69) is 5.32 Å². The molecule has 1 saturated heterocycles. The molecule has 1 aliphatic rings. The standard InChI is InChI=1S/C16H23ClN2O2/c1-3-12-9-13(6-7-15(12)17)16(20)19-8-4-5-14(19)10-21-11-18-2/h6-7,9,14,18H,3-5,8,10-11H2,1-2H3. The molecule has 116 valence electrons. The van der Waals surface area contributed by atoms with Crippen LogP contribution in [-0.2, 0) is 11.2 Å². The number of aryl methyl sites for hydroxylation is 1. The van der Waals surface area contributed by atoms with Crippen molar-refractivity contribution in [2.45, 2.75) is 32.2 Å². The third kappa shape index (κ3) is 3.96. The maximum Gasteiger partial charge on any atom is 0.254 e. The zero-order valence-corrected chi connectivity index (χ0v) is 13.4. The van der Waals surface area contributed by atoms with Crippen molar-refractivity contribution in [1.29, 1.82) is 0 Å². The molecule has 21 heavy (non-hydrogen) atoms. The number of halogens is 1. The van der Waals surface area contributed by atoms with Gasteiger partial charge in [-0.05, 0) is 50.1 Å². The van der Waals surface area contributed by atoms with Gasteiger partial charge in [0.25, 0.3) is 5.91 Å². The summed E-state index contributed by atoms with van der Waals surface area (Å²) in [6.07, 6.45) is 2.87. The minimum absolute atomic E-state index is 0.0805. The van der Waals surface area contributed by atoms with Crippen molar-refractivity contribution in [2.24, 2.45) is 0 Å². The number of nitrogens with zero attached hydrogens (tertiary/aromatic N) is 1. The molecule has 1 amide bonds. The Labute approximate surface area is 131 Å². The summed E-state index contributed by atoms with van der Waals surface area (Å²) in [5, 5.41) is 3.67. The van der Waals surface area contributed by atoms with Gasteiger partial charge in [-0.25, -0.2) is 0 Å². The van der Waals surface area contributed by atoms with Crippen LogP contribution in [0.3, 0.4) is 0 Å². The Morgan fingerprint density at radius 1 is 1.52 bits per heavy atom. The number of benzene rings is 1. The molecule has 1 aromatic carbocycles. The molecule has 1 aromatic rings. The summed E-state index contributed by atoms with van der Waals surface area (Å²) in [7, 11) is 1.84. The Kier molecular flexibility index (Phi) is 6.03. The zero-order valence-electron chi connectivity index (χ0n) is 12.7. The van der Waals surface area contributed by atoms with E-state index in [1.165, 1.54) is 0 Å². The summed E-state index contributed by atoms with van der Waals surface area (Å²) in [5.74, 6) is 0.0805. The van der Waals surface area contributed by atoms with Gasteiger partial charge in [0.15, 0.2) is 0 Å². The Balaban J connectivity index is 2.07. The molecule has 1 aliphatic heterocycles. The minimum Gasteiger partial charge on any atom is -0.364 e. The van der Waals surface area contributed by atoms with E-state index in [-0.39, 0.29) is 11.9 Å². The fraction of sp³-hybridized carbons (Fsp3) is 0.562. The Morgan fingerprint density at radius 3 is 3.05 bits per heavy atom. The second-order valence-electron chi connectivity index (χ2n) is 5.32. The summed E-state index contributed by atoms with van der Waals surface area (Å²) < 4.78 is 5.52. The lowest BCUT2D eigenvalue weighted by molar-refractivity contribution is 0.0508. The number of nitrogens with one attached hydrogen (secondary N) is 1. The van der Waals surface area contributed by atoms with Crippen molar-refractivity contribution in [3.8, 4) is 0 Å². The lowest BCUT2D eigenvalue weighted by Gasteiger charge is -2.25. The number of carbonyl (C=O) groups is 1. The number of amides is 1. The topological polar surface area (TPSA) is 41.6 Å². The van der Waals surface area contributed by atoms with E-state index >= 15 is 0 Å². The second kappa shape index (κ2) is 7.78. The smallest absolute Gasteiger partial charge is 0.254 e. The number of ether oxygens (including phenoxy) is 1. The zero-order chi connectivity index (χ0) is 15.2. The molecule has 0 aliphatic carbocycles. The lowest BCUT2D eigenvalue weighted by Crippen LogP contribution is -2.38. The molecule has 0 spiro atoms. The minimum atomic E-state index is 0.0805. The average molecular weight is 311 g/mol. The monoisotopic (exact) mass is 310 g/mol. The normalized spacial score (nSPS) is 18.2. The van der Waals surface area contributed by atoms with Gasteiger partial charge in [0.05, 0.1) is 19.4 Å². The summed E-state index contributed by atoms with van der Waals surface area (Å²) >= 11 is 6.12. The highest BCUT2D eigenvalue weighted by Gasteiger charge is 2.29. The van der Waals surface area contributed by atoms with Crippen LogP contribution in [0.15, 0.2) is 18.2 Å². The van der Waals surface area contributed by atoms with Crippen LogP contribution in [0.4, 0.5) is 0 Å². The van der Waals surface area contributed by atoms with Gasteiger partial charge in [-0.3, -0.25) is 10.1 Å². The third-order valence-corrected chi connectivity index (χ3v) is 4.24. The van der Waals surface area contributed by atoms with Gasteiger partial charge < -0.3 is 9.64 Å². The highest BCUT2D eigenvalue weighted by Crippen LogP contribution is 2.23. The van der Waals surface area contributed by atoms with E-state index in [0.717, 1.165) is 42.0 Å². The predicted octanol–water partition coefficient (Wildman–Crippen LogP) is 2.70. The molecule has 4 nitrogen and oxygen atoms in total. The molecule has 1 heterocycles. The van der Waals surface area contributed by atoms with E-state index in [0.29, 0.717) is 13.3 Å². The van der Waals surface area contributed by atoms with Crippen LogP contribution in [0, 0.1) is 0 Å². The Hall–Kier alpha value is -1.10. The van der Waals surface area contributed by atoms with Crippen molar-refractivity contribution in [1.82, 2.24) is 10.2 Å². The van der Waals surface area contributed by atoms with Gasteiger partial charge in [-0.15, -0.1) is 0 Å². The molecular weight excluding hydrogens is 288 g/mol. The van der Waals surface area contributed by atoms with Gasteiger partial charge in [-0.1, -0.05) is 18.5 Å². The van der Waals surface area contributed by atoms with Crippen molar-refractivity contribution in [3.63, 3.8) is 0 Å². The van der Waals surface area contributed by atoms with Crippen molar-refractivity contribution in [2.75, 3.05) is 26.9 Å². The molecular formula is C16H23ClN2O2. The van der Waals surface area contributed by atoms with Crippen LogP contribution in [-0.4, -0.2) is 43.8 Å². The molecule has 0 radical (unpaired) electrons. The number of rotatable bonds is 6. The molecule has 0 saturated carbocycles. The van der Waals surface area contributed by atoms with Crippen molar-refractivity contribution in [3.05, 3.63) is 34.3 Å². The van der Waals surface area contributed by atoms with Crippen LogP contribution in [0.2, 0.25) is 5.02 Å². The van der Waals surface area contributed by atoms with Gasteiger partial charge >= 0.3 is 0 Å². The van der Waals surface area contributed by atoms with Gasteiger partial charge in [0.1, 0.15) is 0 Å². The molecule has 1 atom stereocenters. The first-order valence-corrected chi connectivity index (χ1v) is 7.87. The quantitative estimate of drug-likeness (QED) is 0.649. The number of carbonyl (C=O) groups excluding carboxylic acids is 1. The maximum absolute atomic E-state index is 12.7. The highest BCUT2D eigenvalue weighted by molar-refractivity contribution is 6.31. The van der Waals surface area contributed by atoms with Crippen molar-refractivity contribution >= 4 is 17.5 Å². The molecule has 1 fully saturated rings. The molecule has 1 N–H and O–H groups in total. The first-order valence-electron chi connectivity index (χ1n) is 7.49. The summed E-state index contributed by atoms with van der Waals surface area (Å²) in [5.41, 5.74) is 1.74. The number of likely N-dealkylation sites (tertiary alicyclic amines) is 1. The summed E-state index contributed by atoms with van der Waals surface area (Å²) in [4.78, 5) is 14.6. The summed E-state index contributed by atoms with van der Waals surface area (Å²) in [6.45, 7) is 3.94. The van der Waals surface area contributed by atoms with Gasteiger partial charge in [0.2, 0.25) is 0 Å². The molecule has 5 heteroatoms. The van der Waals surface area contributed by atoms with Crippen LogP contribution in [0.1, 0.15) is 35.7 Å². The van der Waals surface area contributed by atoms with E-state index in [1.807, 2.05) is 37.1 Å². The largest absolute Gasteiger partial charge is 0.364 e. The maximum atomic E-state index is 12.7. The molecule has 1 unspecified atom stereocenters. The van der Waals surface area contributed by atoms with E-state index in [1.54, 1.807) is 0 Å². The fourth-order valence-corrected chi connectivity index (χ4v) is 2.97. The number of hydrogen-bond donors (Lipinski definition) is 1. The summed E-state index contributed by atoms with van der Waals surface area (Å²) in [6, 6.07) is 5.71. The predicted molar refractivity (Wildman–Crippen MR) is 84.8 cm³/mol. The fourth-order valence-electron chi connectivity index (χ4n) is 2.72. The van der Waals surface area contributed by atoms with E-state index in [4.69, 9.17) is 16.3 Å². The third-order valence-electron chi connectivity index (χ3n) is 3.87. The molecule has 2 rings (SSSR count). The first kappa shape index (κ1) is 16.3. The average Bonchev–Trinajstić information content (AvgIpc) is 2.96. The van der Waals surface area contributed by atoms with Gasteiger partial charge in [-0.2, -0.15) is 0 Å².